The summed E-state index contributed by atoms with van der Waals surface area (Å²) in [7, 11) is 0. The number of rotatable bonds is 1. The van der Waals surface area contributed by atoms with Crippen LogP contribution < -0.4 is 0 Å². The van der Waals surface area contributed by atoms with Crippen molar-refractivity contribution in [3.05, 3.63) is 23.3 Å². The van der Waals surface area contributed by atoms with Crippen LogP contribution in [-0.2, 0) is 0 Å². The predicted molar refractivity (Wildman–Crippen MR) is 45.5 cm³/mol. The molecule has 1 heteroatoms. The minimum atomic E-state index is 0.861. The van der Waals surface area contributed by atoms with Gasteiger partial charge in [-0.1, -0.05) is 18.6 Å². The molecule has 0 bridgehead atoms. The van der Waals surface area contributed by atoms with Gasteiger partial charge in [0.1, 0.15) is 0 Å². The average molecular weight is 135 g/mol. The van der Waals surface area contributed by atoms with Crippen molar-refractivity contribution in [1.29, 1.82) is 0 Å². The van der Waals surface area contributed by atoms with E-state index in [2.05, 4.69) is 31.0 Å². The van der Waals surface area contributed by atoms with Crippen LogP contribution in [-0.4, -0.2) is 12.8 Å². The van der Waals surface area contributed by atoms with Crippen molar-refractivity contribution >= 4 is 6.21 Å². The van der Waals surface area contributed by atoms with Gasteiger partial charge in [0.15, 0.2) is 0 Å². The molecule has 0 saturated heterocycles. The molecule has 0 aliphatic carbocycles. The Kier molecular flexibility index (Phi) is 2.43. The molecule has 0 aromatic heterocycles. The van der Waals surface area contributed by atoms with E-state index in [0.717, 1.165) is 13.0 Å². The Morgan fingerprint density at radius 1 is 1.60 bits per heavy atom. The van der Waals surface area contributed by atoms with Gasteiger partial charge in [-0.15, -0.1) is 0 Å². The molecule has 0 N–H and O–H groups in total. The van der Waals surface area contributed by atoms with E-state index in [1.165, 1.54) is 11.1 Å². The Hall–Kier alpha value is -0.850. The molecular weight excluding hydrogens is 122 g/mol. The molecule has 0 radical (unpaired) electrons. The van der Waals surface area contributed by atoms with Gasteiger partial charge in [-0.3, -0.25) is 4.99 Å². The fraction of sp³-hybridized carbons (Fsp3) is 0.444. The molecule has 0 unspecified atom stereocenters. The van der Waals surface area contributed by atoms with Crippen molar-refractivity contribution in [2.45, 2.75) is 20.3 Å². The van der Waals surface area contributed by atoms with E-state index in [1.54, 1.807) is 0 Å². The van der Waals surface area contributed by atoms with Gasteiger partial charge < -0.3 is 0 Å². The van der Waals surface area contributed by atoms with E-state index in [9.17, 15) is 0 Å². The van der Waals surface area contributed by atoms with Crippen molar-refractivity contribution in [1.82, 2.24) is 0 Å². The molecule has 1 aliphatic heterocycles. The third-order valence-electron chi connectivity index (χ3n) is 1.57. The van der Waals surface area contributed by atoms with Crippen molar-refractivity contribution in [3.63, 3.8) is 0 Å². The summed E-state index contributed by atoms with van der Waals surface area (Å²) in [4.78, 5) is 4.18. The van der Waals surface area contributed by atoms with Gasteiger partial charge in [0, 0.05) is 6.21 Å². The molecule has 0 aromatic rings. The second kappa shape index (κ2) is 3.35. The third-order valence-corrected chi connectivity index (χ3v) is 1.57. The highest BCUT2D eigenvalue weighted by Crippen LogP contribution is 2.08. The van der Waals surface area contributed by atoms with Crippen LogP contribution in [0, 0.1) is 0 Å². The van der Waals surface area contributed by atoms with Gasteiger partial charge in [0.2, 0.25) is 0 Å². The van der Waals surface area contributed by atoms with Crippen molar-refractivity contribution in [3.8, 4) is 0 Å². The van der Waals surface area contributed by atoms with Crippen molar-refractivity contribution in [2.75, 3.05) is 6.54 Å². The fourth-order valence-electron chi connectivity index (χ4n) is 0.975. The van der Waals surface area contributed by atoms with E-state index < -0.39 is 0 Å². The first-order chi connectivity index (χ1) is 4.83. The summed E-state index contributed by atoms with van der Waals surface area (Å²) in [5.41, 5.74) is 2.72. The van der Waals surface area contributed by atoms with E-state index in [-0.39, 0.29) is 0 Å². The summed E-state index contributed by atoms with van der Waals surface area (Å²) >= 11 is 0. The lowest BCUT2D eigenvalue weighted by Gasteiger charge is -1.94. The standard InChI is InChI=1S/C9H13N/c1-3-9-4-5-10-7-8(2)6-9/h4-6H,3,7H2,1-2H3. The molecule has 54 valence electrons. The Labute approximate surface area is 62.2 Å². The van der Waals surface area contributed by atoms with Gasteiger partial charge in [0.05, 0.1) is 6.54 Å². The molecule has 0 spiro atoms. The van der Waals surface area contributed by atoms with Crippen LogP contribution in [0.3, 0.4) is 0 Å². The molecule has 0 amide bonds. The second-order valence-electron chi connectivity index (χ2n) is 2.58. The highest BCUT2D eigenvalue weighted by molar-refractivity contribution is 5.73. The average Bonchev–Trinajstić information content (AvgIpc) is 2.13. The summed E-state index contributed by atoms with van der Waals surface area (Å²) in [6.45, 7) is 5.14. The van der Waals surface area contributed by atoms with Gasteiger partial charge in [-0.05, 0) is 25.0 Å². The minimum Gasteiger partial charge on any atom is -0.289 e. The lowest BCUT2D eigenvalue weighted by molar-refractivity contribution is 1.11. The van der Waals surface area contributed by atoms with Crippen LogP contribution in [0.1, 0.15) is 20.3 Å². The van der Waals surface area contributed by atoms with E-state index >= 15 is 0 Å². The summed E-state index contributed by atoms with van der Waals surface area (Å²) < 4.78 is 0. The van der Waals surface area contributed by atoms with Crippen LogP contribution in [0.15, 0.2) is 28.3 Å². The zero-order valence-electron chi connectivity index (χ0n) is 6.59. The Morgan fingerprint density at radius 2 is 2.40 bits per heavy atom. The van der Waals surface area contributed by atoms with Crippen LogP contribution in [0.5, 0.6) is 0 Å². The van der Waals surface area contributed by atoms with Gasteiger partial charge >= 0.3 is 0 Å². The molecule has 0 atom stereocenters. The van der Waals surface area contributed by atoms with E-state index in [0.29, 0.717) is 0 Å². The fourth-order valence-corrected chi connectivity index (χ4v) is 0.975. The lowest BCUT2D eigenvalue weighted by Crippen LogP contribution is -1.80. The normalized spacial score (nSPS) is 17.8. The van der Waals surface area contributed by atoms with Crippen LogP contribution in [0.4, 0.5) is 0 Å². The van der Waals surface area contributed by atoms with E-state index in [1.807, 2.05) is 6.21 Å². The number of allylic oxidation sites excluding steroid dienone is 3. The lowest BCUT2D eigenvalue weighted by atomic mass is 10.1. The molecule has 10 heavy (non-hydrogen) atoms. The monoisotopic (exact) mass is 135 g/mol. The van der Waals surface area contributed by atoms with Crippen LogP contribution in [0.25, 0.3) is 0 Å². The molecule has 0 aromatic carbocycles. The van der Waals surface area contributed by atoms with E-state index in [4.69, 9.17) is 0 Å². The van der Waals surface area contributed by atoms with Crippen LogP contribution >= 0.6 is 0 Å². The Bertz CT molecular complexity index is 194. The quantitative estimate of drug-likeness (QED) is 0.523. The number of hydrogen-bond acceptors (Lipinski definition) is 1. The molecule has 1 rings (SSSR count). The van der Waals surface area contributed by atoms with Gasteiger partial charge in [0.25, 0.3) is 0 Å². The minimum absolute atomic E-state index is 0.861. The molecular formula is C9H13N. The zero-order valence-corrected chi connectivity index (χ0v) is 6.59. The van der Waals surface area contributed by atoms with Gasteiger partial charge in [-0.2, -0.15) is 0 Å². The first-order valence-corrected chi connectivity index (χ1v) is 3.69. The van der Waals surface area contributed by atoms with Crippen molar-refractivity contribution < 1.29 is 0 Å². The maximum absolute atomic E-state index is 4.18. The Morgan fingerprint density at radius 3 is 3.10 bits per heavy atom. The number of aliphatic imine (C=N–C) groups is 1. The second-order valence-corrected chi connectivity index (χ2v) is 2.58. The first-order valence-electron chi connectivity index (χ1n) is 3.69. The molecule has 0 saturated carbocycles. The SMILES string of the molecule is CCC1=CC=NCC(C)=C1. The van der Waals surface area contributed by atoms with Gasteiger partial charge in [-0.25, -0.2) is 0 Å². The topological polar surface area (TPSA) is 12.4 Å². The number of hydrogen-bond donors (Lipinski definition) is 0. The predicted octanol–water partition coefficient (Wildman–Crippen LogP) is 2.35. The van der Waals surface area contributed by atoms with Crippen LogP contribution in [0.2, 0.25) is 0 Å². The maximum atomic E-state index is 4.18. The largest absolute Gasteiger partial charge is 0.289 e. The highest BCUT2D eigenvalue weighted by Gasteiger charge is 1.93. The smallest absolute Gasteiger partial charge is 0.0600 e. The third kappa shape index (κ3) is 1.83. The maximum Gasteiger partial charge on any atom is 0.0600 e. The summed E-state index contributed by atoms with van der Waals surface area (Å²) in [6, 6.07) is 0. The highest BCUT2D eigenvalue weighted by atomic mass is 14.7. The Balaban J connectivity index is 2.78. The summed E-state index contributed by atoms with van der Waals surface area (Å²) in [6.07, 6.45) is 7.29. The number of nitrogens with zero attached hydrogens (tertiary/aromatic N) is 1. The molecule has 0 fully saturated rings. The summed E-state index contributed by atoms with van der Waals surface area (Å²) in [5.74, 6) is 0. The summed E-state index contributed by atoms with van der Waals surface area (Å²) in [5, 5.41) is 0. The molecule has 1 aliphatic rings. The first kappa shape index (κ1) is 7.26. The van der Waals surface area contributed by atoms with Crippen molar-refractivity contribution in [2.24, 2.45) is 4.99 Å². The molecule has 1 nitrogen and oxygen atoms in total. The zero-order chi connectivity index (χ0) is 7.40. The molecule has 1 heterocycles.